The van der Waals surface area contributed by atoms with Gasteiger partial charge in [-0.1, -0.05) is 11.3 Å². The van der Waals surface area contributed by atoms with E-state index in [1.165, 1.54) is 29.5 Å². The Bertz CT molecular complexity index is 642. The van der Waals surface area contributed by atoms with Gasteiger partial charge in [-0.25, -0.2) is 4.98 Å². The van der Waals surface area contributed by atoms with Crippen LogP contribution in [0.3, 0.4) is 0 Å². The van der Waals surface area contributed by atoms with Crippen LogP contribution in [-0.2, 0) is 4.79 Å². The van der Waals surface area contributed by atoms with Crippen molar-refractivity contribution in [3.05, 3.63) is 18.2 Å². The Morgan fingerprint density at radius 2 is 2.19 bits per heavy atom. The topological polar surface area (TPSA) is 71.5 Å². The molecule has 2 rings (SSSR count). The van der Waals surface area contributed by atoms with Crippen molar-refractivity contribution in [3.8, 4) is 5.75 Å². The Hall–Kier alpha value is -2.03. The first-order chi connectivity index (χ1) is 9.83. The molecular formula is C12H11F3N2O3S. The molecule has 0 saturated carbocycles. The molecule has 1 aromatic heterocycles. The van der Waals surface area contributed by atoms with Crippen LogP contribution in [0.2, 0.25) is 0 Å². The number of benzene rings is 1. The molecule has 1 heterocycles. The first-order valence-corrected chi connectivity index (χ1v) is 6.77. The van der Waals surface area contributed by atoms with E-state index in [1.807, 2.05) is 0 Å². The molecule has 0 bridgehead atoms. The van der Waals surface area contributed by atoms with Crippen molar-refractivity contribution in [2.24, 2.45) is 0 Å². The zero-order valence-corrected chi connectivity index (χ0v) is 11.4. The number of rotatable bonds is 6. The Morgan fingerprint density at radius 1 is 1.43 bits per heavy atom. The van der Waals surface area contributed by atoms with Crippen molar-refractivity contribution in [2.45, 2.75) is 19.2 Å². The number of carboxylic acid groups (broad SMARTS) is 1. The Kier molecular flexibility index (Phi) is 4.51. The van der Waals surface area contributed by atoms with Gasteiger partial charge in [0.1, 0.15) is 5.75 Å². The van der Waals surface area contributed by atoms with Crippen molar-refractivity contribution < 1.29 is 27.8 Å². The van der Waals surface area contributed by atoms with Gasteiger partial charge in [-0.2, -0.15) is 0 Å². The molecule has 9 heteroatoms. The van der Waals surface area contributed by atoms with E-state index in [4.69, 9.17) is 5.11 Å². The van der Waals surface area contributed by atoms with Crippen LogP contribution in [-0.4, -0.2) is 29.0 Å². The fourth-order valence-electron chi connectivity index (χ4n) is 1.61. The van der Waals surface area contributed by atoms with Gasteiger partial charge in [0, 0.05) is 19.0 Å². The standard InChI is InChI=1S/C12H11F3N2O3S/c13-12(14,15)20-7-3-4-8-9(6-7)21-11(17-8)16-5-1-2-10(18)19/h3-4,6H,1-2,5H2,(H,16,17)(H,18,19). The molecule has 114 valence electrons. The zero-order chi connectivity index (χ0) is 15.5. The van der Waals surface area contributed by atoms with Crippen LogP contribution in [0.15, 0.2) is 18.2 Å². The fourth-order valence-corrected chi connectivity index (χ4v) is 2.53. The largest absolute Gasteiger partial charge is 0.573 e. The number of halogens is 3. The molecule has 0 spiro atoms. The average Bonchev–Trinajstić information content (AvgIpc) is 2.74. The van der Waals surface area contributed by atoms with Crippen molar-refractivity contribution in [2.75, 3.05) is 11.9 Å². The maximum Gasteiger partial charge on any atom is 0.573 e. The number of fused-ring (bicyclic) bond motifs is 1. The molecule has 0 atom stereocenters. The second-order valence-electron chi connectivity index (χ2n) is 4.12. The van der Waals surface area contributed by atoms with Crippen LogP contribution in [0.5, 0.6) is 5.75 Å². The lowest BCUT2D eigenvalue weighted by molar-refractivity contribution is -0.274. The molecule has 0 saturated heterocycles. The summed E-state index contributed by atoms with van der Waals surface area (Å²) in [5.41, 5.74) is 0.551. The fraction of sp³-hybridized carbons (Fsp3) is 0.333. The summed E-state index contributed by atoms with van der Waals surface area (Å²) in [4.78, 5) is 14.5. The minimum Gasteiger partial charge on any atom is -0.481 e. The molecule has 0 aliphatic carbocycles. The highest BCUT2D eigenvalue weighted by Gasteiger charge is 2.31. The number of carboxylic acids is 1. The molecular weight excluding hydrogens is 309 g/mol. The third-order valence-corrected chi connectivity index (χ3v) is 3.41. The SMILES string of the molecule is O=C(O)CCCNc1nc2ccc(OC(F)(F)F)cc2s1. The molecule has 5 nitrogen and oxygen atoms in total. The number of aliphatic carboxylic acids is 1. The number of nitrogens with one attached hydrogen (secondary N) is 1. The summed E-state index contributed by atoms with van der Waals surface area (Å²) in [6.45, 7) is 0.429. The van der Waals surface area contributed by atoms with Gasteiger partial charge in [-0.05, 0) is 18.6 Å². The van der Waals surface area contributed by atoms with Gasteiger partial charge >= 0.3 is 12.3 Å². The normalized spacial score (nSPS) is 11.6. The molecule has 0 aliphatic heterocycles. The summed E-state index contributed by atoms with van der Waals surface area (Å²) in [6.07, 6.45) is -4.24. The van der Waals surface area contributed by atoms with Gasteiger partial charge in [-0.3, -0.25) is 4.79 Å². The lowest BCUT2D eigenvalue weighted by Gasteiger charge is -2.07. The van der Waals surface area contributed by atoms with Gasteiger partial charge in [-0.15, -0.1) is 13.2 Å². The smallest absolute Gasteiger partial charge is 0.481 e. The summed E-state index contributed by atoms with van der Waals surface area (Å²) in [5, 5.41) is 12.0. The average molecular weight is 320 g/mol. The van der Waals surface area contributed by atoms with E-state index in [0.29, 0.717) is 28.3 Å². The van der Waals surface area contributed by atoms with E-state index in [9.17, 15) is 18.0 Å². The lowest BCUT2D eigenvalue weighted by atomic mass is 10.3. The monoisotopic (exact) mass is 320 g/mol. The molecule has 21 heavy (non-hydrogen) atoms. The number of alkyl halides is 3. The second-order valence-corrected chi connectivity index (χ2v) is 5.15. The summed E-state index contributed by atoms with van der Waals surface area (Å²) in [6, 6.07) is 3.90. The molecule has 1 aromatic carbocycles. The number of carbonyl (C=O) groups is 1. The van der Waals surface area contributed by atoms with Gasteiger partial charge in [0.15, 0.2) is 5.13 Å². The molecule has 0 radical (unpaired) electrons. The predicted molar refractivity (Wildman–Crippen MR) is 71.7 cm³/mol. The van der Waals surface area contributed by atoms with Crippen LogP contribution < -0.4 is 10.1 Å². The first-order valence-electron chi connectivity index (χ1n) is 5.95. The number of ether oxygens (including phenoxy) is 1. The van der Waals surface area contributed by atoms with Crippen molar-refractivity contribution in [1.29, 1.82) is 0 Å². The van der Waals surface area contributed by atoms with E-state index in [1.54, 1.807) is 0 Å². The lowest BCUT2D eigenvalue weighted by Crippen LogP contribution is -2.16. The molecule has 0 fully saturated rings. The van der Waals surface area contributed by atoms with Gasteiger partial charge in [0.25, 0.3) is 0 Å². The van der Waals surface area contributed by atoms with E-state index in [2.05, 4.69) is 15.0 Å². The summed E-state index contributed by atoms with van der Waals surface area (Å²) in [7, 11) is 0. The van der Waals surface area contributed by atoms with Crippen LogP contribution in [0.4, 0.5) is 18.3 Å². The van der Waals surface area contributed by atoms with Crippen LogP contribution in [0.25, 0.3) is 10.2 Å². The molecule has 0 unspecified atom stereocenters. The number of hydrogen-bond acceptors (Lipinski definition) is 5. The quantitative estimate of drug-likeness (QED) is 0.798. The van der Waals surface area contributed by atoms with Gasteiger partial charge < -0.3 is 15.2 Å². The van der Waals surface area contributed by atoms with E-state index < -0.39 is 12.3 Å². The van der Waals surface area contributed by atoms with E-state index in [0.717, 1.165) is 0 Å². The molecule has 0 amide bonds. The number of aromatic nitrogens is 1. The number of hydrogen-bond donors (Lipinski definition) is 2. The number of anilines is 1. The number of nitrogens with zero attached hydrogens (tertiary/aromatic N) is 1. The van der Waals surface area contributed by atoms with Crippen LogP contribution in [0.1, 0.15) is 12.8 Å². The summed E-state index contributed by atoms with van der Waals surface area (Å²) >= 11 is 1.18. The third kappa shape index (κ3) is 4.78. The summed E-state index contributed by atoms with van der Waals surface area (Å²) in [5.74, 6) is -1.17. The maximum absolute atomic E-state index is 12.1. The number of thiazole rings is 1. The molecule has 2 N–H and O–H groups in total. The highest BCUT2D eigenvalue weighted by atomic mass is 32.1. The Balaban J connectivity index is 2.02. The van der Waals surface area contributed by atoms with Crippen molar-refractivity contribution in [1.82, 2.24) is 4.98 Å². The van der Waals surface area contributed by atoms with E-state index >= 15 is 0 Å². The van der Waals surface area contributed by atoms with E-state index in [-0.39, 0.29) is 12.2 Å². The molecule has 2 aromatic rings. The van der Waals surface area contributed by atoms with Gasteiger partial charge in [0.05, 0.1) is 10.2 Å². The van der Waals surface area contributed by atoms with Crippen molar-refractivity contribution >= 4 is 32.7 Å². The Labute approximate surface area is 121 Å². The highest BCUT2D eigenvalue weighted by Crippen LogP contribution is 2.31. The second kappa shape index (κ2) is 6.17. The Morgan fingerprint density at radius 3 is 2.86 bits per heavy atom. The van der Waals surface area contributed by atoms with Crippen LogP contribution in [0, 0.1) is 0 Å². The molecule has 0 aliphatic rings. The predicted octanol–water partition coefficient (Wildman–Crippen LogP) is 3.47. The van der Waals surface area contributed by atoms with Crippen molar-refractivity contribution in [3.63, 3.8) is 0 Å². The highest BCUT2D eigenvalue weighted by molar-refractivity contribution is 7.22. The van der Waals surface area contributed by atoms with Crippen LogP contribution >= 0.6 is 11.3 Å². The van der Waals surface area contributed by atoms with Gasteiger partial charge in [0.2, 0.25) is 0 Å². The maximum atomic E-state index is 12.1. The zero-order valence-electron chi connectivity index (χ0n) is 10.6. The first kappa shape index (κ1) is 15.4. The minimum absolute atomic E-state index is 0.0431. The third-order valence-electron chi connectivity index (χ3n) is 2.44. The minimum atomic E-state index is -4.73. The summed E-state index contributed by atoms with van der Waals surface area (Å²) < 4.78 is 40.8.